The molecule has 3 aliphatic rings. The summed E-state index contributed by atoms with van der Waals surface area (Å²) in [6.45, 7) is 2.00. The summed E-state index contributed by atoms with van der Waals surface area (Å²) in [5, 5.41) is 6.42. The van der Waals surface area contributed by atoms with E-state index in [4.69, 9.17) is 0 Å². The second kappa shape index (κ2) is 9.26. The van der Waals surface area contributed by atoms with E-state index in [-0.39, 0.29) is 28.2 Å². The molecule has 1 aliphatic carbocycles. The van der Waals surface area contributed by atoms with Crippen molar-refractivity contribution >= 4 is 21.6 Å². The monoisotopic (exact) mass is 519 g/mol. The Hall–Kier alpha value is -3.23. The first-order valence-electron chi connectivity index (χ1n) is 12.9. The Morgan fingerprint density at radius 3 is 2.38 bits per heavy atom. The number of nitrogens with zero attached hydrogens (tertiary/aromatic N) is 1. The number of carbonyl (C=O) groups is 1. The minimum absolute atomic E-state index is 0.0844. The van der Waals surface area contributed by atoms with Crippen molar-refractivity contribution in [2.24, 2.45) is 5.92 Å². The Bertz CT molecular complexity index is 1420. The number of amides is 1. The molecule has 192 valence electrons. The van der Waals surface area contributed by atoms with E-state index in [1.54, 1.807) is 16.4 Å². The van der Waals surface area contributed by atoms with Crippen LogP contribution >= 0.6 is 0 Å². The molecule has 0 aromatic heterocycles. The van der Waals surface area contributed by atoms with Crippen molar-refractivity contribution in [3.05, 3.63) is 95.3 Å². The Labute approximate surface area is 216 Å². The van der Waals surface area contributed by atoms with Gasteiger partial charge in [0.25, 0.3) is 15.9 Å². The van der Waals surface area contributed by atoms with E-state index in [2.05, 4.69) is 10.6 Å². The van der Waals surface area contributed by atoms with E-state index in [1.165, 1.54) is 24.3 Å². The second-order valence-electron chi connectivity index (χ2n) is 10.3. The number of rotatable bonds is 6. The van der Waals surface area contributed by atoms with Gasteiger partial charge >= 0.3 is 0 Å². The molecule has 1 unspecified atom stereocenters. The highest BCUT2D eigenvalue weighted by molar-refractivity contribution is 7.92. The summed E-state index contributed by atoms with van der Waals surface area (Å²) in [6.07, 6.45) is 3.55. The third-order valence-electron chi connectivity index (χ3n) is 8.08. The predicted octanol–water partition coefficient (Wildman–Crippen LogP) is 4.36. The predicted molar refractivity (Wildman–Crippen MR) is 140 cm³/mol. The largest absolute Gasteiger partial charge is 0.348 e. The van der Waals surface area contributed by atoms with E-state index >= 15 is 0 Å². The van der Waals surface area contributed by atoms with Crippen LogP contribution in [-0.2, 0) is 22.0 Å². The van der Waals surface area contributed by atoms with Gasteiger partial charge in [0.15, 0.2) is 0 Å². The van der Waals surface area contributed by atoms with Gasteiger partial charge in [-0.2, -0.15) is 0 Å². The van der Waals surface area contributed by atoms with Gasteiger partial charge < -0.3 is 10.6 Å². The number of piperidine rings is 1. The van der Waals surface area contributed by atoms with Gasteiger partial charge in [-0.25, -0.2) is 12.8 Å². The highest BCUT2D eigenvalue weighted by Gasteiger charge is 2.59. The van der Waals surface area contributed by atoms with Gasteiger partial charge in [-0.05, 0) is 98.3 Å². The van der Waals surface area contributed by atoms with Crippen molar-refractivity contribution in [3.63, 3.8) is 0 Å². The first-order valence-corrected chi connectivity index (χ1v) is 14.3. The molecule has 2 aliphatic heterocycles. The molecule has 8 heteroatoms. The lowest BCUT2D eigenvalue weighted by atomic mass is 9.68. The average Bonchev–Trinajstić information content (AvgIpc) is 3.72. The maximum atomic E-state index is 14.1. The van der Waals surface area contributed by atoms with Crippen molar-refractivity contribution in [1.82, 2.24) is 10.6 Å². The molecule has 1 saturated heterocycles. The fourth-order valence-corrected chi connectivity index (χ4v) is 7.97. The Kier molecular flexibility index (Phi) is 6.04. The van der Waals surface area contributed by atoms with Crippen molar-refractivity contribution in [3.8, 4) is 0 Å². The van der Waals surface area contributed by atoms with Gasteiger partial charge in [-0.3, -0.25) is 9.10 Å². The molecule has 2 fully saturated rings. The molecule has 1 atom stereocenters. The summed E-state index contributed by atoms with van der Waals surface area (Å²) in [5.74, 6) is -0.393. The van der Waals surface area contributed by atoms with E-state index in [1.807, 2.05) is 36.4 Å². The molecule has 0 radical (unpaired) electrons. The van der Waals surface area contributed by atoms with E-state index in [0.29, 0.717) is 17.8 Å². The molecule has 2 N–H and O–H groups in total. The molecule has 0 bridgehead atoms. The van der Waals surface area contributed by atoms with Crippen LogP contribution in [0.5, 0.6) is 0 Å². The number of benzene rings is 3. The smallest absolute Gasteiger partial charge is 0.264 e. The number of carbonyl (C=O) groups excluding carboxylic acids is 1. The quantitative estimate of drug-likeness (QED) is 0.507. The van der Waals surface area contributed by atoms with Crippen LogP contribution < -0.4 is 14.9 Å². The number of halogens is 1. The summed E-state index contributed by atoms with van der Waals surface area (Å²) in [6, 6.07) is 20.0. The zero-order chi connectivity index (χ0) is 25.6. The maximum absolute atomic E-state index is 14.1. The van der Waals surface area contributed by atoms with Crippen molar-refractivity contribution in [1.29, 1.82) is 0 Å². The minimum atomic E-state index is -3.93. The lowest BCUT2D eigenvalue weighted by Gasteiger charge is -2.42. The summed E-state index contributed by atoms with van der Waals surface area (Å²) < 4.78 is 43.4. The van der Waals surface area contributed by atoms with Crippen LogP contribution in [0.1, 0.15) is 47.2 Å². The van der Waals surface area contributed by atoms with Gasteiger partial charge in [-0.1, -0.05) is 30.3 Å². The van der Waals surface area contributed by atoms with Crippen LogP contribution in [0.25, 0.3) is 0 Å². The third kappa shape index (κ3) is 4.22. The second-order valence-corrected chi connectivity index (χ2v) is 12.2. The lowest BCUT2D eigenvalue weighted by Crippen LogP contribution is -2.53. The number of anilines is 1. The number of hydrogen-bond acceptors (Lipinski definition) is 4. The lowest BCUT2D eigenvalue weighted by molar-refractivity contribution is 0.0950. The maximum Gasteiger partial charge on any atom is 0.264 e. The van der Waals surface area contributed by atoms with E-state index in [9.17, 15) is 17.6 Å². The summed E-state index contributed by atoms with van der Waals surface area (Å²) >= 11 is 0. The normalized spacial score (nSPS) is 20.6. The standard InChI is InChI=1S/C29H30FN3O3S/c30-23-9-11-24(12-10-23)37(35,36)33-26-13-8-22(28(34)32-19-20-4-2-1-3-5-20)18-25(26)29(14-16-31-17-15-29)27(33)21-6-7-21/h1-5,8-13,18,21,27,31H,6-7,14-17,19H2,(H,32,34). The molecule has 1 spiro atoms. The van der Waals surface area contributed by atoms with Gasteiger partial charge in [0.1, 0.15) is 5.82 Å². The van der Waals surface area contributed by atoms with Gasteiger partial charge in [-0.15, -0.1) is 0 Å². The zero-order valence-corrected chi connectivity index (χ0v) is 21.3. The van der Waals surface area contributed by atoms with Crippen LogP contribution in [0.15, 0.2) is 77.7 Å². The topological polar surface area (TPSA) is 78.5 Å². The highest BCUT2D eigenvalue weighted by Crippen LogP contribution is 2.58. The van der Waals surface area contributed by atoms with Gasteiger partial charge in [0.05, 0.1) is 16.6 Å². The van der Waals surface area contributed by atoms with Crippen LogP contribution in [0.2, 0.25) is 0 Å². The molecule has 6 rings (SSSR count). The van der Waals surface area contributed by atoms with Crippen molar-refractivity contribution in [2.45, 2.75) is 48.6 Å². The zero-order valence-electron chi connectivity index (χ0n) is 20.5. The number of sulfonamides is 1. The van der Waals surface area contributed by atoms with Crippen LogP contribution in [0, 0.1) is 11.7 Å². The average molecular weight is 520 g/mol. The Balaban J connectivity index is 1.42. The first-order chi connectivity index (χ1) is 17.9. The van der Waals surface area contributed by atoms with Crippen molar-refractivity contribution in [2.75, 3.05) is 17.4 Å². The van der Waals surface area contributed by atoms with Crippen LogP contribution in [0.4, 0.5) is 10.1 Å². The fourth-order valence-electron chi connectivity index (χ4n) is 6.17. The number of fused-ring (bicyclic) bond motifs is 2. The molecule has 1 saturated carbocycles. The molecular formula is C29H30FN3O3S. The third-order valence-corrected chi connectivity index (χ3v) is 9.89. The van der Waals surface area contributed by atoms with E-state index in [0.717, 1.165) is 49.9 Å². The number of nitrogens with one attached hydrogen (secondary N) is 2. The van der Waals surface area contributed by atoms with Crippen LogP contribution in [0.3, 0.4) is 0 Å². The van der Waals surface area contributed by atoms with Crippen molar-refractivity contribution < 1.29 is 17.6 Å². The van der Waals surface area contributed by atoms with E-state index < -0.39 is 15.8 Å². The Morgan fingerprint density at radius 2 is 1.70 bits per heavy atom. The molecule has 6 nitrogen and oxygen atoms in total. The number of hydrogen-bond donors (Lipinski definition) is 2. The molecule has 37 heavy (non-hydrogen) atoms. The molecule has 2 heterocycles. The summed E-state index contributed by atoms with van der Waals surface area (Å²) in [5.41, 5.74) is 2.75. The molecular weight excluding hydrogens is 489 g/mol. The molecule has 3 aromatic carbocycles. The summed E-state index contributed by atoms with van der Waals surface area (Å²) in [4.78, 5) is 13.2. The van der Waals surface area contributed by atoms with Gasteiger partial charge in [0.2, 0.25) is 0 Å². The molecule has 1 amide bonds. The SMILES string of the molecule is O=C(NCc1ccccc1)c1ccc2c(c1)C1(CCNCC1)C(C1CC1)N2S(=O)(=O)c1ccc(F)cc1. The Morgan fingerprint density at radius 1 is 1.00 bits per heavy atom. The van der Waals surface area contributed by atoms with Gasteiger partial charge in [0, 0.05) is 17.5 Å². The fraction of sp³-hybridized carbons (Fsp3) is 0.345. The summed E-state index contributed by atoms with van der Waals surface area (Å²) in [7, 11) is -3.93. The highest BCUT2D eigenvalue weighted by atomic mass is 32.2. The first kappa shape index (κ1) is 24.1. The molecule has 3 aromatic rings. The minimum Gasteiger partial charge on any atom is -0.348 e. The van der Waals surface area contributed by atoms with Crippen LogP contribution in [-0.4, -0.2) is 33.5 Å².